The van der Waals surface area contributed by atoms with Crippen LogP contribution in [0.15, 0.2) is 18.2 Å². The number of amides is 1. The first-order valence-corrected chi connectivity index (χ1v) is 11.9. The standard InChI is InChI=1S/C24H25F7N4O4/c1-12-32-15(9-17(36)35-23(24(29,30)31)5-6-37-11-23)18(22-38-7-8-39-22)21(33-12)34-16(10-25)13-3-2-4-14(19(13)26)20(27)28/h2-4,16,20,22H,5-11H2,1H3,(H,35,36)(H,32,33,34)/t16-,23?/m1/s1. The van der Waals surface area contributed by atoms with Crippen molar-refractivity contribution in [2.75, 3.05) is 38.4 Å². The third-order valence-corrected chi connectivity index (χ3v) is 6.40. The minimum absolute atomic E-state index is 0.0131. The zero-order valence-corrected chi connectivity index (χ0v) is 20.6. The lowest BCUT2D eigenvalue weighted by Crippen LogP contribution is -2.59. The third kappa shape index (κ3) is 6.09. The van der Waals surface area contributed by atoms with Crippen molar-refractivity contribution in [2.24, 2.45) is 0 Å². The third-order valence-electron chi connectivity index (χ3n) is 6.40. The molecule has 0 spiro atoms. The maximum Gasteiger partial charge on any atom is 0.413 e. The Balaban J connectivity index is 1.69. The van der Waals surface area contributed by atoms with Gasteiger partial charge in [0.25, 0.3) is 6.43 Å². The summed E-state index contributed by atoms with van der Waals surface area (Å²) in [6.07, 6.45) is -10.2. The molecule has 1 aromatic carbocycles. The van der Waals surface area contributed by atoms with Gasteiger partial charge >= 0.3 is 6.18 Å². The van der Waals surface area contributed by atoms with Crippen molar-refractivity contribution in [3.63, 3.8) is 0 Å². The van der Waals surface area contributed by atoms with Crippen molar-refractivity contribution in [1.29, 1.82) is 0 Å². The number of rotatable bonds is 9. The Morgan fingerprint density at radius 2 is 1.85 bits per heavy atom. The Kier molecular flexibility index (Phi) is 8.61. The summed E-state index contributed by atoms with van der Waals surface area (Å²) in [5.74, 6) is -2.45. The molecule has 3 heterocycles. The number of nitrogens with one attached hydrogen (secondary N) is 2. The molecule has 2 atom stereocenters. The van der Waals surface area contributed by atoms with Gasteiger partial charge in [0.05, 0.1) is 49.1 Å². The number of hydrogen-bond acceptors (Lipinski definition) is 7. The molecule has 2 aromatic rings. The first-order chi connectivity index (χ1) is 18.5. The first kappa shape index (κ1) is 29.0. The lowest BCUT2D eigenvalue weighted by Gasteiger charge is -2.31. The van der Waals surface area contributed by atoms with E-state index >= 15 is 0 Å². The smallest absolute Gasteiger partial charge is 0.379 e. The summed E-state index contributed by atoms with van der Waals surface area (Å²) in [6, 6.07) is 1.66. The summed E-state index contributed by atoms with van der Waals surface area (Å²) in [5, 5.41) is 4.66. The number of halogens is 7. The largest absolute Gasteiger partial charge is 0.413 e. The van der Waals surface area contributed by atoms with Crippen LogP contribution in [0.4, 0.5) is 36.6 Å². The second-order valence-corrected chi connectivity index (χ2v) is 9.06. The molecule has 2 fully saturated rings. The van der Waals surface area contributed by atoms with Crippen LogP contribution >= 0.6 is 0 Å². The number of anilines is 1. The Morgan fingerprint density at radius 3 is 2.44 bits per heavy atom. The number of carbonyl (C=O) groups is 1. The van der Waals surface area contributed by atoms with Crippen molar-refractivity contribution in [3.05, 3.63) is 52.2 Å². The number of aromatic nitrogens is 2. The molecular weight excluding hydrogens is 541 g/mol. The quantitative estimate of drug-likeness (QED) is 0.435. The van der Waals surface area contributed by atoms with Gasteiger partial charge in [-0.1, -0.05) is 18.2 Å². The SMILES string of the molecule is Cc1nc(CC(=O)NC2(C(F)(F)F)CCOC2)c(C2OCCO2)c(N[C@H](CF)c2cccc(C(F)F)c2F)n1. The Bertz CT molecular complexity index is 1190. The van der Waals surface area contributed by atoms with Gasteiger partial charge in [0, 0.05) is 18.6 Å². The molecule has 39 heavy (non-hydrogen) atoms. The highest BCUT2D eigenvalue weighted by molar-refractivity contribution is 5.80. The maximum absolute atomic E-state index is 14.8. The molecule has 2 aliphatic rings. The van der Waals surface area contributed by atoms with Gasteiger partial charge in [-0.2, -0.15) is 13.2 Å². The molecule has 0 bridgehead atoms. The van der Waals surface area contributed by atoms with Crippen molar-refractivity contribution in [2.45, 2.75) is 50.2 Å². The second kappa shape index (κ2) is 11.6. The van der Waals surface area contributed by atoms with E-state index in [4.69, 9.17) is 14.2 Å². The Morgan fingerprint density at radius 1 is 1.15 bits per heavy atom. The average molecular weight is 566 g/mol. The first-order valence-electron chi connectivity index (χ1n) is 11.9. The fourth-order valence-corrected chi connectivity index (χ4v) is 4.45. The predicted molar refractivity (Wildman–Crippen MR) is 121 cm³/mol. The predicted octanol–water partition coefficient (Wildman–Crippen LogP) is 4.41. The van der Waals surface area contributed by atoms with Crippen LogP contribution in [0.5, 0.6) is 0 Å². The summed E-state index contributed by atoms with van der Waals surface area (Å²) in [7, 11) is 0. The number of nitrogens with zero attached hydrogens (tertiary/aromatic N) is 2. The van der Waals surface area contributed by atoms with E-state index in [1.54, 1.807) is 0 Å². The van der Waals surface area contributed by atoms with Crippen LogP contribution in [0.3, 0.4) is 0 Å². The normalized spacial score (nSPS) is 20.9. The van der Waals surface area contributed by atoms with Crippen LogP contribution < -0.4 is 10.6 Å². The highest BCUT2D eigenvalue weighted by atomic mass is 19.4. The molecule has 214 valence electrons. The van der Waals surface area contributed by atoms with E-state index in [9.17, 15) is 35.5 Å². The van der Waals surface area contributed by atoms with Gasteiger partial charge in [-0.15, -0.1) is 0 Å². The Hall–Kier alpha value is -3.04. The molecule has 2 saturated heterocycles. The van der Waals surface area contributed by atoms with E-state index in [0.29, 0.717) is 0 Å². The van der Waals surface area contributed by atoms with Gasteiger partial charge in [0.1, 0.15) is 24.1 Å². The van der Waals surface area contributed by atoms with Gasteiger partial charge in [-0.05, 0) is 6.92 Å². The topological polar surface area (TPSA) is 94.6 Å². The summed E-state index contributed by atoms with van der Waals surface area (Å²) in [4.78, 5) is 21.2. The fourth-order valence-electron chi connectivity index (χ4n) is 4.45. The summed E-state index contributed by atoms with van der Waals surface area (Å²) >= 11 is 0. The lowest BCUT2D eigenvalue weighted by atomic mass is 9.97. The molecule has 15 heteroatoms. The molecule has 8 nitrogen and oxygen atoms in total. The minimum Gasteiger partial charge on any atom is -0.379 e. The zero-order valence-electron chi connectivity index (χ0n) is 20.6. The van der Waals surface area contributed by atoms with E-state index in [1.165, 1.54) is 6.92 Å². The molecule has 1 aromatic heterocycles. The lowest BCUT2D eigenvalue weighted by molar-refractivity contribution is -0.197. The monoisotopic (exact) mass is 566 g/mol. The number of aryl methyl sites for hydroxylation is 1. The van der Waals surface area contributed by atoms with Crippen LogP contribution in [0.1, 0.15) is 53.4 Å². The molecular formula is C24H25F7N4O4. The van der Waals surface area contributed by atoms with Crippen LogP contribution in [0, 0.1) is 12.7 Å². The number of hydrogen-bond donors (Lipinski definition) is 2. The Labute approximate surface area is 218 Å². The minimum atomic E-state index is -4.78. The average Bonchev–Trinajstić information content (AvgIpc) is 3.55. The van der Waals surface area contributed by atoms with E-state index in [-0.39, 0.29) is 42.7 Å². The molecule has 0 saturated carbocycles. The van der Waals surface area contributed by atoms with Gasteiger partial charge in [-0.25, -0.2) is 27.5 Å². The van der Waals surface area contributed by atoms with Gasteiger partial charge in [0.15, 0.2) is 11.8 Å². The highest BCUT2D eigenvalue weighted by Gasteiger charge is 2.58. The summed E-state index contributed by atoms with van der Waals surface area (Å²) in [5.41, 5.74) is -3.98. The van der Waals surface area contributed by atoms with Crippen LogP contribution in [-0.2, 0) is 25.4 Å². The molecule has 0 aliphatic carbocycles. The molecule has 1 amide bonds. The van der Waals surface area contributed by atoms with E-state index in [0.717, 1.165) is 18.2 Å². The number of alkyl halides is 6. The maximum atomic E-state index is 14.8. The molecule has 1 unspecified atom stereocenters. The highest BCUT2D eigenvalue weighted by Crippen LogP contribution is 2.38. The number of benzene rings is 1. The molecule has 2 N–H and O–H groups in total. The zero-order chi connectivity index (χ0) is 28.4. The molecule has 4 rings (SSSR count). The van der Waals surface area contributed by atoms with Crippen LogP contribution in [-0.4, -0.2) is 60.7 Å². The summed E-state index contributed by atoms with van der Waals surface area (Å²) < 4.78 is 112. The van der Waals surface area contributed by atoms with Crippen molar-refractivity contribution in [3.8, 4) is 0 Å². The second-order valence-electron chi connectivity index (χ2n) is 9.06. The van der Waals surface area contributed by atoms with Crippen molar-refractivity contribution < 1.29 is 49.7 Å². The van der Waals surface area contributed by atoms with E-state index in [1.807, 2.05) is 5.32 Å². The van der Waals surface area contributed by atoms with Crippen LogP contribution in [0.25, 0.3) is 0 Å². The van der Waals surface area contributed by atoms with Crippen LogP contribution in [0.2, 0.25) is 0 Å². The van der Waals surface area contributed by atoms with Gasteiger partial charge in [-0.3, -0.25) is 4.79 Å². The van der Waals surface area contributed by atoms with E-state index in [2.05, 4.69) is 15.3 Å². The van der Waals surface area contributed by atoms with Crippen molar-refractivity contribution in [1.82, 2.24) is 15.3 Å². The summed E-state index contributed by atoms with van der Waals surface area (Å²) in [6.45, 7) is -0.532. The fraction of sp³-hybridized carbons (Fsp3) is 0.542. The van der Waals surface area contributed by atoms with Crippen molar-refractivity contribution >= 4 is 11.7 Å². The van der Waals surface area contributed by atoms with E-state index < -0.39 is 79.4 Å². The molecule has 0 radical (unpaired) electrons. The van der Waals surface area contributed by atoms with Gasteiger partial charge < -0.3 is 24.8 Å². The molecule has 2 aliphatic heterocycles. The van der Waals surface area contributed by atoms with Gasteiger partial charge in [0.2, 0.25) is 5.91 Å². The number of ether oxygens (including phenoxy) is 3. The number of carbonyl (C=O) groups excluding carboxylic acids is 1.